The lowest BCUT2D eigenvalue weighted by Gasteiger charge is -2.26. The zero-order valence-electron chi connectivity index (χ0n) is 31.1. The summed E-state index contributed by atoms with van der Waals surface area (Å²) >= 11 is 10.6. The summed E-state index contributed by atoms with van der Waals surface area (Å²) in [4.78, 5) is 12.3. The van der Waals surface area contributed by atoms with Crippen LogP contribution >= 0.6 is 34.3 Å². The van der Waals surface area contributed by atoms with Crippen molar-refractivity contribution in [2.24, 2.45) is 0 Å². The average molecular weight is 784 g/mol. The van der Waals surface area contributed by atoms with E-state index in [2.05, 4.69) is 90.9 Å². The van der Waals surface area contributed by atoms with E-state index in [1.165, 1.54) is 20.9 Å². The van der Waals surface area contributed by atoms with Gasteiger partial charge in [-0.2, -0.15) is 5.26 Å². The van der Waals surface area contributed by atoms with Gasteiger partial charge in [-0.3, -0.25) is 14.8 Å². The summed E-state index contributed by atoms with van der Waals surface area (Å²) in [6, 6.07) is 17.4. The minimum atomic E-state index is 0.481. The molecule has 0 radical (unpaired) electrons. The first-order valence-corrected chi connectivity index (χ1v) is 21.2. The van der Waals surface area contributed by atoms with Gasteiger partial charge in [-0.1, -0.05) is 23.7 Å². The molecule has 0 spiro atoms. The van der Waals surface area contributed by atoms with Crippen LogP contribution in [-0.2, 0) is 29.0 Å². The van der Waals surface area contributed by atoms with Crippen molar-refractivity contribution in [1.82, 2.24) is 25.4 Å². The summed E-state index contributed by atoms with van der Waals surface area (Å²) in [6.45, 7) is 15.6. The number of benzene rings is 2. The summed E-state index contributed by atoms with van der Waals surface area (Å²) in [7, 11) is 0. The van der Waals surface area contributed by atoms with Gasteiger partial charge >= 0.3 is 0 Å². The highest BCUT2D eigenvalue weighted by atomic mass is 35.5. The lowest BCUT2D eigenvalue weighted by molar-refractivity contribution is 0.0374. The molecule has 0 bridgehead atoms. The van der Waals surface area contributed by atoms with Crippen molar-refractivity contribution >= 4 is 56.6 Å². The molecular formula is C42H50ClN7O2S2. The summed E-state index contributed by atoms with van der Waals surface area (Å²) in [5.74, 6) is 0. The van der Waals surface area contributed by atoms with E-state index in [1.807, 2.05) is 17.4 Å². The fourth-order valence-electron chi connectivity index (χ4n) is 7.16. The van der Waals surface area contributed by atoms with Crippen LogP contribution in [0.3, 0.4) is 0 Å². The molecule has 2 fully saturated rings. The van der Waals surface area contributed by atoms with Gasteiger partial charge < -0.3 is 25.4 Å². The Morgan fingerprint density at radius 2 is 1.46 bits per heavy atom. The number of pyridine rings is 1. The normalized spacial score (nSPS) is 15.5. The molecule has 2 aliphatic heterocycles. The number of nitrogens with one attached hydrogen (secondary N) is 3. The van der Waals surface area contributed by atoms with Crippen molar-refractivity contribution < 1.29 is 9.47 Å². The Bertz CT molecular complexity index is 2010. The van der Waals surface area contributed by atoms with Crippen molar-refractivity contribution in [2.75, 3.05) is 84.1 Å². The van der Waals surface area contributed by atoms with Crippen LogP contribution in [0.5, 0.6) is 0 Å². The number of thiophene rings is 2. The molecule has 0 unspecified atom stereocenters. The van der Waals surface area contributed by atoms with E-state index in [-0.39, 0.29) is 0 Å². The fraction of sp³-hybridized carbons (Fsp3) is 0.429. The number of ether oxygens (including phenoxy) is 2. The number of nitrogens with zero attached hydrogens (tertiary/aromatic N) is 4. The van der Waals surface area contributed by atoms with Gasteiger partial charge in [0.1, 0.15) is 6.07 Å². The summed E-state index contributed by atoms with van der Waals surface area (Å²) in [5.41, 5.74) is 8.59. The van der Waals surface area contributed by atoms with Crippen molar-refractivity contribution in [2.45, 2.75) is 39.3 Å². The molecule has 7 rings (SSSR count). The van der Waals surface area contributed by atoms with Gasteiger partial charge in [0.15, 0.2) is 0 Å². The van der Waals surface area contributed by atoms with Gasteiger partial charge in [0, 0.05) is 60.6 Å². The third-order valence-corrected chi connectivity index (χ3v) is 12.4. The predicted molar refractivity (Wildman–Crippen MR) is 224 cm³/mol. The molecule has 5 heterocycles. The zero-order valence-corrected chi connectivity index (χ0v) is 33.5. The van der Waals surface area contributed by atoms with E-state index in [4.69, 9.17) is 21.1 Å². The SMILES string of the molecule is Cc1cc(-c2csc(CNCCCN3CCOCC3)c2)cc(Cl)c1Nc1c(C#N)cnc2cc(Cc3csc(CNCCCN4CCOCC4)c3)ccc12. The molecule has 2 aliphatic rings. The van der Waals surface area contributed by atoms with E-state index in [1.54, 1.807) is 17.5 Å². The van der Waals surface area contributed by atoms with Gasteiger partial charge in [-0.25, -0.2) is 0 Å². The van der Waals surface area contributed by atoms with Crippen molar-refractivity contribution in [3.05, 3.63) is 96.5 Å². The topological polar surface area (TPSA) is 97.7 Å². The third-order valence-electron chi connectivity index (χ3n) is 10.2. The molecule has 0 saturated carbocycles. The molecule has 12 heteroatoms. The molecule has 284 valence electrons. The number of morpholine rings is 2. The molecule has 0 amide bonds. The highest BCUT2D eigenvalue weighted by Gasteiger charge is 2.16. The first kappa shape index (κ1) is 38.8. The van der Waals surface area contributed by atoms with Gasteiger partial charge in [-0.15, -0.1) is 22.7 Å². The van der Waals surface area contributed by atoms with Crippen LogP contribution in [0.1, 0.15) is 44.8 Å². The highest BCUT2D eigenvalue weighted by molar-refractivity contribution is 7.10. The minimum Gasteiger partial charge on any atom is -0.379 e. The summed E-state index contributed by atoms with van der Waals surface area (Å²) < 4.78 is 10.9. The number of aromatic nitrogens is 1. The monoisotopic (exact) mass is 783 g/mol. The Kier molecular flexibility index (Phi) is 14.0. The van der Waals surface area contributed by atoms with Crippen molar-refractivity contribution in [3.8, 4) is 17.2 Å². The number of aryl methyl sites for hydroxylation is 1. The molecule has 54 heavy (non-hydrogen) atoms. The van der Waals surface area contributed by atoms with E-state index < -0.39 is 0 Å². The van der Waals surface area contributed by atoms with Crippen LogP contribution in [0.2, 0.25) is 5.02 Å². The number of anilines is 2. The molecular weight excluding hydrogens is 734 g/mol. The standard InChI is InChI=1S/C42H50ClN7O2S2/c1-30-18-33(34-22-37(54-29-34)27-46-7-3-9-50-12-16-52-17-13-50)23-39(43)41(30)48-42-35(24-44)25-47-40-21-31(4-5-38(40)42)19-32-20-36(53-28-32)26-45-6-2-8-49-10-14-51-15-11-49/h4-5,18,20-23,25,28-29,45-46H,2-3,6-17,19,26-27H2,1H3,(H,47,48). The van der Waals surface area contributed by atoms with Crippen LogP contribution in [0.15, 0.2) is 59.4 Å². The van der Waals surface area contributed by atoms with Gasteiger partial charge in [-0.05, 0) is 121 Å². The fourth-order valence-corrected chi connectivity index (χ4v) is 9.20. The molecule has 0 aliphatic carbocycles. The highest BCUT2D eigenvalue weighted by Crippen LogP contribution is 2.38. The van der Waals surface area contributed by atoms with Crippen LogP contribution in [-0.4, -0.2) is 93.6 Å². The number of nitriles is 1. The predicted octanol–water partition coefficient (Wildman–Crippen LogP) is 7.82. The minimum absolute atomic E-state index is 0.481. The molecule has 2 saturated heterocycles. The van der Waals surface area contributed by atoms with E-state index >= 15 is 0 Å². The second kappa shape index (κ2) is 19.4. The number of rotatable bonds is 17. The quantitative estimate of drug-likeness (QED) is 0.0817. The van der Waals surface area contributed by atoms with Crippen LogP contribution < -0.4 is 16.0 Å². The van der Waals surface area contributed by atoms with Gasteiger partial charge in [0.2, 0.25) is 0 Å². The molecule has 2 aromatic carbocycles. The maximum absolute atomic E-state index is 10.1. The largest absolute Gasteiger partial charge is 0.379 e. The third kappa shape index (κ3) is 10.5. The van der Waals surface area contributed by atoms with E-state index in [9.17, 15) is 5.26 Å². The maximum Gasteiger partial charge on any atom is 0.103 e. The molecule has 5 aromatic rings. The zero-order chi connectivity index (χ0) is 37.1. The Balaban J connectivity index is 0.950. The Labute approximate surface area is 332 Å². The van der Waals surface area contributed by atoms with Gasteiger partial charge in [0.25, 0.3) is 0 Å². The second-order valence-corrected chi connectivity index (χ2v) is 16.6. The Hall–Kier alpha value is -3.41. The lowest BCUT2D eigenvalue weighted by atomic mass is 10.0. The summed E-state index contributed by atoms with van der Waals surface area (Å²) in [6.07, 6.45) is 4.77. The van der Waals surface area contributed by atoms with Crippen molar-refractivity contribution in [1.29, 1.82) is 5.26 Å². The number of hydrogen-bond acceptors (Lipinski definition) is 11. The first-order chi connectivity index (χ1) is 26.5. The molecule has 0 atom stereocenters. The Morgan fingerprint density at radius 3 is 2.13 bits per heavy atom. The van der Waals surface area contributed by atoms with Crippen LogP contribution in [0, 0.1) is 18.3 Å². The molecule has 9 nitrogen and oxygen atoms in total. The van der Waals surface area contributed by atoms with E-state index in [0.29, 0.717) is 10.6 Å². The number of hydrogen-bond donors (Lipinski definition) is 3. The number of fused-ring (bicyclic) bond motifs is 1. The van der Waals surface area contributed by atoms with Crippen molar-refractivity contribution in [3.63, 3.8) is 0 Å². The Morgan fingerprint density at radius 1 is 0.796 bits per heavy atom. The second-order valence-electron chi connectivity index (χ2n) is 14.2. The van der Waals surface area contributed by atoms with Crippen LogP contribution in [0.4, 0.5) is 11.4 Å². The molecule has 3 N–H and O–H groups in total. The smallest absolute Gasteiger partial charge is 0.103 e. The average Bonchev–Trinajstić information content (AvgIpc) is 3.86. The maximum atomic E-state index is 10.1. The first-order valence-electron chi connectivity index (χ1n) is 19.1. The summed E-state index contributed by atoms with van der Waals surface area (Å²) in [5, 5.41) is 26.8. The van der Waals surface area contributed by atoms with Gasteiger partial charge in [0.05, 0.1) is 53.9 Å². The molecule has 3 aromatic heterocycles. The number of halogens is 1. The van der Waals surface area contributed by atoms with E-state index in [0.717, 1.165) is 150 Å². The lowest BCUT2D eigenvalue weighted by Crippen LogP contribution is -2.37. The van der Waals surface area contributed by atoms with Crippen LogP contribution in [0.25, 0.3) is 22.0 Å².